The third-order valence-electron chi connectivity index (χ3n) is 2.64. The summed E-state index contributed by atoms with van der Waals surface area (Å²) in [4.78, 5) is 0. The average molecular weight is 421 g/mol. The Hall–Kier alpha value is -0.500. The standard InChI is InChI=1S/C13H11BrFIN2/c14-9-3-6-12(16)11(7-9)13(18-17)8-1-4-10(15)5-2-8/h1-7,13,18H,17H2. The second-order valence-electron chi connectivity index (χ2n) is 3.82. The minimum atomic E-state index is -0.251. The predicted octanol–water partition coefficient (Wildman–Crippen LogP) is 3.75. The molecule has 18 heavy (non-hydrogen) atoms. The van der Waals surface area contributed by atoms with Crippen molar-refractivity contribution in [3.63, 3.8) is 0 Å². The molecule has 0 saturated heterocycles. The van der Waals surface area contributed by atoms with Crippen LogP contribution in [0.5, 0.6) is 0 Å². The van der Waals surface area contributed by atoms with Gasteiger partial charge in [0.2, 0.25) is 0 Å². The van der Waals surface area contributed by atoms with Crippen LogP contribution in [0, 0.1) is 9.39 Å². The molecule has 0 spiro atoms. The summed E-state index contributed by atoms with van der Waals surface area (Å²) >= 11 is 5.70. The molecule has 0 fully saturated rings. The van der Waals surface area contributed by atoms with Crippen LogP contribution in [0.4, 0.5) is 4.39 Å². The first-order valence-corrected chi connectivity index (χ1v) is 7.15. The third-order valence-corrected chi connectivity index (χ3v) is 4.11. The van der Waals surface area contributed by atoms with E-state index in [0.717, 1.165) is 19.2 Å². The summed E-state index contributed by atoms with van der Waals surface area (Å²) in [5.74, 6) is 5.38. The monoisotopic (exact) mass is 420 g/mol. The van der Waals surface area contributed by atoms with Gasteiger partial charge in [-0.3, -0.25) is 5.84 Å². The Morgan fingerprint density at radius 2 is 1.83 bits per heavy atom. The van der Waals surface area contributed by atoms with E-state index < -0.39 is 0 Å². The fourth-order valence-corrected chi connectivity index (χ4v) is 2.78. The molecule has 0 aliphatic carbocycles. The molecule has 2 nitrogen and oxygen atoms in total. The van der Waals surface area contributed by atoms with E-state index in [2.05, 4.69) is 43.9 Å². The molecule has 94 valence electrons. The topological polar surface area (TPSA) is 38.0 Å². The Kier molecular flexibility index (Phi) is 4.71. The van der Waals surface area contributed by atoms with Crippen LogP contribution in [0.3, 0.4) is 0 Å². The fourth-order valence-electron chi connectivity index (χ4n) is 1.76. The van der Waals surface area contributed by atoms with Gasteiger partial charge in [0.15, 0.2) is 0 Å². The maximum atomic E-state index is 12.9. The van der Waals surface area contributed by atoms with E-state index in [-0.39, 0.29) is 11.9 Å². The van der Waals surface area contributed by atoms with Gasteiger partial charge in [0.1, 0.15) is 5.82 Å². The van der Waals surface area contributed by atoms with Crippen LogP contribution < -0.4 is 11.3 Å². The van der Waals surface area contributed by atoms with Crippen molar-refractivity contribution in [2.24, 2.45) is 5.84 Å². The van der Waals surface area contributed by atoms with Crippen molar-refractivity contribution in [3.8, 4) is 0 Å². The summed E-state index contributed by atoms with van der Waals surface area (Å²) in [5, 5.41) is 0. The van der Waals surface area contributed by atoms with E-state index in [9.17, 15) is 4.39 Å². The summed E-state index contributed by atoms with van der Waals surface area (Å²) in [6.07, 6.45) is 0. The summed E-state index contributed by atoms with van der Waals surface area (Å²) in [7, 11) is 0. The largest absolute Gasteiger partial charge is 0.271 e. The summed E-state index contributed by atoms with van der Waals surface area (Å²) in [6.45, 7) is 0. The lowest BCUT2D eigenvalue weighted by molar-refractivity contribution is 0.614. The maximum absolute atomic E-state index is 12.9. The minimum absolute atomic E-state index is 0.157. The molecule has 2 rings (SSSR count). The fraction of sp³-hybridized carbons (Fsp3) is 0.0769. The van der Waals surface area contributed by atoms with E-state index in [1.807, 2.05) is 18.2 Å². The zero-order valence-electron chi connectivity index (χ0n) is 9.33. The normalized spacial score (nSPS) is 12.4. The molecule has 1 atom stereocenters. The average Bonchev–Trinajstić information content (AvgIpc) is 2.37. The number of nitrogens with one attached hydrogen (secondary N) is 1. The number of rotatable bonds is 3. The highest BCUT2D eigenvalue weighted by Crippen LogP contribution is 2.28. The highest BCUT2D eigenvalue weighted by molar-refractivity contribution is 14.1. The lowest BCUT2D eigenvalue weighted by Crippen LogP contribution is -2.29. The lowest BCUT2D eigenvalue weighted by Gasteiger charge is -2.18. The van der Waals surface area contributed by atoms with Gasteiger partial charge in [-0.1, -0.05) is 28.1 Å². The van der Waals surface area contributed by atoms with Crippen LogP contribution in [-0.4, -0.2) is 0 Å². The van der Waals surface area contributed by atoms with E-state index >= 15 is 0 Å². The second-order valence-corrected chi connectivity index (χ2v) is 5.89. The lowest BCUT2D eigenvalue weighted by atomic mass is 9.99. The number of hydrogen-bond acceptors (Lipinski definition) is 2. The number of hydrazine groups is 1. The molecule has 1 unspecified atom stereocenters. The quantitative estimate of drug-likeness (QED) is 0.451. The van der Waals surface area contributed by atoms with Crippen molar-refractivity contribution in [1.82, 2.24) is 5.43 Å². The van der Waals surface area contributed by atoms with Gasteiger partial charge >= 0.3 is 0 Å². The molecule has 3 N–H and O–H groups in total. The first-order valence-electron chi connectivity index (χ1n) is 5.28. The molecule has 0 amide bonds. The van der Waals surface area contributed by atoms with Crippen LogP contribution in [0.25, 0.3) is 0 Å². The molecule has 2 aromatic rings. The molecular formula is C13H11BrFIN2. The van der Waals surface area contributed by atoms with Crippen LogP contribution in [0.2, 0.25) is 0 Å². The molecule has 0 heterocycles. The Morgan fingerprint density at radius 3 is 2.44 bits per heavy atom. The molecule has 0 aliphatic heterocycles. The van der Waals surface area contributed by atoms with E-state index in [1.165, 1.54) is 12.1 Å². The molecule has 0 bridgehead atoms. The number of hydrogen-bond donors (Lipinski definition) is 2. The molecule has 2 aromatic carbocycles. The Labute approximate surface area is 127 Å². The SMILES string of the molecule is NNC(c1ccc(F)cc1)c1cc(Br)ccc1I. The van der Waals surface area contributed by atoms with Crippen LogP contribution in [0.1, 0.15) is 17.2 Å². The number of benzene rings is 2. The molecule has 0 aromatic heterocycles. The highest BCUT2D eigenvalue weighted by Gasteiger charge is 2.15. The van der Waals surface area contributed by atoms with Gasteiger partial charge < -0.3 is 0 Å². The highest BCUT2D eigenvalue weighted by atomic mass is 127. The summed E-state index contributed by atoms with van der Waals surface area (Å²) in [6, 6.07) is 12.2. The van der Waals surface area contributed by atoms with Gasteiger partial charge in [-0.15, -0.1) is 0 Å². The minimum Gasteiger partial charge on any atom is -0.271 e. The van der Waals surface area contributed by atoms with Crippen LogP contribution in [-0.2, 0) is 0 Å². The molecular weight excluding hydrogens is 410 g/mol. The molecule has 0 radical (unpaired) electrons. The van der Waals surface area contributed by atoms with Gasteiger partial charge in [-0.2, -0.15) is 0 Å². The molecule has 0 aliphatic rings. The first-order chi connectivity index (χ1) is 8.61. The Morgan fingerprint density at radius 1 is 1.17 bits per heavy atom. The zero-order valence-corrected chi connectivity index (χ0v) is 13.1. The zero-order chi connectivity index (χ0) is 13.1. The van der Waals surface area contributed by atoms with Gasteiger partial charge in [0.05, 0.1) is 6.04 Å². The number of halogens is 3. The van der Waals surface area contributed by atoms with Crippen molar-refractivity contribution in [3.05, 3.63) is 67.5 Å². The van der Waals surface area contributed by atoms with Crippen molar-refractivity contribution >= 4 is 38.5 Å². The maximum Gasteiger partial charge on any atom is 0.123 e. The van der Waals surface area contributed by atoms with Gasteiger partial charge in [0, 0.05) is 8.04 Å². The Bertz CT molecular complexity index is 545. The van der Waals surface area contributed by atoms with Crippen molar-refractivity contribution < 1.29 is 4.39 Å². The van der Waals surface area contributed by atoms with E-state index in [0.29, 0.717) is 0 Å². The Balaban J connectivity index is 2.44. The number of nitrogens with two attached hydrogens (primary N) is 1. The van der Waals surface area contributed by atoms with Crippen LogP contribution >= 0.6 is 38.5 Å². The second kappa shape index (κ2) is 6.10. The van der Waals surface area contributed by atoms with Crippen molar-refractivity contribution in [1.29, 1.82) is 0 Å². The molecule has 0 saturated carbocycles. The van der Waals surface area contributed by atoms with Crippen molar-refractivity contribution in [2.75, 3.05) is 0 Å². The van der Waals surface area contributed by atoms with Gasteiger partial charge in [-0.05, 0) is 64.0 Å². The predicted molar refractivity (Wildman–Crippen MR) is 82.4 cm³/mol. The van der Waals surface area contributed by atoms with Gasteiger partial charge in [0.25, 0.3) is 0 Å². The van der Waals surface area contributed by atoms with Crippen LogP contribution in [0.15, 0.2) is 46.9 Å². The summed E-state index contributed by atoms with van der Waals surface area (Å²) in [5.41, 5.74) is 4.75. The van der Waals surface area contributed by atoms with Gasteiger partial charge in [-0.25, -0.2) is 9.82 Å². The van der Waals surface area contributed by atoms with Crippen molar-refractivity contribution in [2.45, 2.75) is 6.04 Å². The first kappa shape index (κ1) is 13.9. The third kappa shape index (κ3) is 3.09. The smallest absolute Gasteiger partial charge is 0.123 e. The summed E-state index contributed by atoms with van der Waals surface area (Å²) < 4.78 is 15.0. The van der Waals surface area contributed by atoms with E-state index in [1.54, 1.807) is 12.1 Å². The van der Waals surface area contributed by atoms with E-state index in [4.69, 9.17) is 5.84 Å². The molecule has 5 heteroatoms.